The molecule has 0 saturated carbocycles. The van der Waals surface area contributed by atoms with Gasteiger partial charge in [0.1, 0.15) is 5.75 Å². The third-order valence-corrected chi connectivity index (χ3v) is 6.30. The van der Waals surface area contributed by atoms with Gasteiger partial charge in [-0.3, -0.25) is 0 Å². The van der Waals surface area contributed by atoms with Crippen LogP contribution in [-0.4, -0.2) is 42.0 Å². The average molecular weight is 431 g/mol. The summed E-state index contributed by atoms with van der Waals surface area (Å²) in [5.41, 5.74) is 1.20. The highest BCUT2D eigenvalue weighted by atomic mass is 35.5. The Balaban J connectivity index is 1.54. The Morgan fingerprint density at radius 3 is 2.59 bits per heavy atom. The lowest BCUT2D eigenvalue weighted by Gasteiger charge is -2.26. The van der Waals surface area contributed by atoms with Gasteiger partial charge in [-0.1, -0.05) is 42.3 Å². The molecule has 0 aromatic heterocycles. The van der Waals surface area contributed by atoms with Crippen molar-refractivity contribution in [3.63, 3.8) is 0 Å². The van der Waals surface area contributed by atoms with Crippen molar-refractivity contribution >= 4 is 23.5 Å². The van der Waals surface area contributed by atoms with Crippen LogP contribution in [0.15, 0.2) is 66.1 Å². The Morgan fingerprint density at radius 1 is 1.07 bits per heavy atom. The molecule has 2 aromatic carbocycles. The number of nitrogens with zero attached hydrogens (tertiary/aromatic N) is 2. The number of rotatable bonds is 11. The van der Waals surface area contributed by atoms with E-state index in [1.807, 2.05) is 36.4 Å². The molecule has 1 aliphatic heterocycles. The van der Waals surface area contributed by atoms with E-state index in [4.69, 9.17) is 16.3 Å². The Hall–Kier alpha value is -1.46. The van der Waals surface area contributed by atoms with Crippen LogP contribution in [0.25, 0.3) is 0 Å². The van der Waals surface area contributed by atoms with Crippen LogP contribution in [-0.2, 0) is 6.54 Å². The zero-order chi connectivity index (χ0) is 20.3. The summed E-state index contributed by atoms with van der Waals surface area (Å²) in [7, 11) is 0. The molecule has 1 heterocycles. The van der Waals surface area contributed by atoms with Crippen LogP contribution in [0.2, 0.25) is 5.02 Å². The number of piperidine rings is 1. The van der Waals surface area contributed by atoms with E-state index in [1.54, 1.807) is 11.9 Å². The quantitative estimate of drug-likeness (QED) is 0.236. The number of ether oxygens (including phenoxy) is 1. The van der Waals surface area contributed by atoms with E-state index < -0.39 is 0 Å². The van der Waals surface area contributed by atoms with Gasteiger partial charge in [-0.15, -0.1) is 6.58 Å². The van der Waals surface area contributed by atoms with E-state index in [1.165, 1.54) is 37.9 Å². The van der Waals surface area contributed by atoms with Gasteiger partial charge in [-0.2, -0.15) is 0 Å². The van der Waals surface area contributed by atoms with Crippen LogP contribution in [0.3, 0.4) is 0 Å². The van der Waals surface area contributed by atoms with Gasteiger partial charge < -0.3 is 9.64 Å². The van der Waals surface area contributed by atoms with Crippen molar-refractivity contribution in [2.45, 2.75) is 37.1 Å². The van der Waals surface area contributed by atoms with E-state index in [0.717, 1.165) is 48.3 Å². The van der Waals surface area contributed by atoms with Crippen molar-refractivity contribution in [3.8, 4) is 5.75 Å². The van der Waals surface area contributed by atoms with Crippen molar-refractivity contribution in [1.82, 2.24) is 9.21 Å². The zero-order valence-corrected chi connectivity index (χ0v) is 18.6. The van der Waals surface area contributed by atoms with E-state index in [2.05, 4.69) is 34.0 Å². The Labute approximate surface area is 184 Å². The molecule has 0 N–H and O–H groups in total. The number of hydrogen-bond acceptors (Lipinski definition) is 4. The smallest absolute Gasteiger partial charge is 0.123 e. The van der Waals surface area contributed by atoms with E-state index in [-0.39, 0.29) is 0 Å². The fourth-order valence-electron chi connectivity index (χ4n) is 3.54. The molecule has 29 heavy (non-hydrogen) atoms. The Morgan fingerprint density at radius 2 is 1.83 bits per heavy atom. The second-order valence-electron chi connectivity index (χ2n) is 7.37. The molecule has 0 spiro atoms. The second-order valence-corrected chi connectivity index (χ2v) is 8.98. The number of benzene rings is 2. The number of halogens is 1. The number of hydrogen-bond donors (Lipinski definition) is 0. The fourth-order valence-corrected chi connectivity index (χ4v) is 4.61. The Bertz CT molecular complexity index is 747. The van der Waals surface area contributed by atoms with Crippen molar-refractivity contribution in [2.24, 2.45) is 0 Å². The van der Waals surface area contributed by atoms with Crippen LogP contribution in [0.4, 0.5) is 0 Å². The van der Waals surface area contributed by atoms with Gasteiger partial charge in [0, 0.05) is 35.1 Å². The summed E-state index contributed by atoms with van der Waals surface area (Å²) in [5.74, 6) is 0.983. The van der Waals surface area contributed by atoms with Crippen LogP contribution in [0.5, 0.6) is 5.75 Å². The molecule has 0 radical (unpaired) electrons. The summed E-state index contributed by atoms with van der Waals surface area (Å²) in [6.07, 6.45) is 7.08. The first-order valence-corrected chi connectivity index (χ1v) is 11.6. The predicted molar refractivity (Wildman–Crippen MR) is 125 cm³/mol. The SMILES string of the molecule is C=CCN(Cc1ccccc1OCCCN1CCCCC1)Sc1ccc(Cl)cc1. The molecule has 3 nitrogen and oxygen atoms in total. The molecule has 5 heteroatoms. The van der Waals surface area contributed by atoms with Gasteiger partial charge in [-0.25, -0.2) is 4.31 Å². The van der Waals surface area contributed by atoms with Gasteiger partial charge in [-0.05, 0) is 74.6 Å². The third-order valence-electron chi connectivity index (χ3n) is 5.03. The first-order valence-electron chi connectivity index (χ1n) is 10.5. The predicted octanol–water partition coefficient (Wildman–Crippen LogP) is 6.29. The van der Waals surface area contributed by atoms with E-state index in [0.29, 0.717) is 0 Å². The summed E-state index contributed by atoms with van der Waals surface area (Å²) in [4.78, 5) is 3.73. The molecule has 0 amide bonds. The average Bonchev–Trinajstić information content (AvgIpc) is 2.75. The van der Waals surface area contributed by atoms with Crippen LogP contribution < -0.4 is 4.74 Å². The minimum absolute atomic E-state index is 0.757. The summed E-state index contributed by atoms with van der Waals surface area (Å²) >= 11 is 7.73. The number of para-hydroxylation sites is 1. The van der Waals surface area contributed by atoms with Gasteiger partial charge >= 0.3 is 0 Å². The lowest BCUT2D eigenvalue weighted by atomic mass is 10.1. The third kappa shape index (κ3) is 7.71. The maximum atomic E-state index is 6.17. The molecule has 0 unspecified atom stereocenters. The highest BCUT2D eigenvalue weighted by molar-refractivity contribution is 7.97. The van der Waals surface area contributed by atoms with Gasteiger partial charge in [0.25, 0.3) is 0 Å². The lowest BCUT2D eigenvalue weighted by molar-refractivity contribution is 0.204. The van der Waals surface area contributed by atoms with E-state index >= 15 is 0 Å². The van der Waals surface area contributed by atoms with Crippen molar-refractivity contribution in [2.75, 3.05) is 32.8 Å². The van der Waals surface area contributed by atoms with Crippen LogP contribution in [0.1, 0.15) is 31.2 Å². The maximum Gasteiger partial charge on any atom is 0.123 e. The van der Waals surface area contributed by atoms with Gasteiger partial charge in [0.15, 0.2) is 0 Å². The first-order chi connectivity index (χ1) is 14.2. The molecule has 0 atom stereocenters. The summed E-state index contributed by atoms with van der Waals surface area (Å²) in [6, 6.07) is 16.3. The fraction of sp³-hybridized carbons (Fsp3) is 0.417. The van der Waals surface area contributed by atoms with Gasteiger partial charge in [0.2, 0.25) is 0 Å². The van der Waals surface area contributed by atoms with Gasteiger partial charge in [0.05, 0.1) is 6.61 Å². The molecule has 1 saturated heterocycles. The largest absolute Gasteiger partial charge is 0.493 e. The summed E-state index contributed by atoms with van der Waals surface area (Å²) in [6.45, 7) is 9.88. The molecule has 2 aromatic rings. The second kappa shape index (κ2) is 12.3. The summed E-state index contributed by atoms with van der Waals surface area (Å²) in [5, 5.41) is 0.757. The monoisotopic (exact) mass is 430 g/mol. The topological polar surface area (TPSA) is 15.7 Å². The highest BCUT2D eigenvalue weighted by Crippen LogP contribution is 2.28. The molecular weight excluding hydrogens is 400 g/mol. The van der Waals surface area contributed by atoms with Crippen LogP contribution >= 0.6 is 23.5 Å². The molecule has 0 aliphatic carbocycles. The normalized spacial score (nSPS) is 14.8. The molecule has 156 valence electrons. The minimum Gasteiger partial charge on any atom is -0.493 e. The highest BCUT2D eigenvalue weighted by Gasteiger charge is 2.12. The number of likely N-dealkylation sites (tertiary alicyclic amines) is 1. The minimum atomic E-state index is 0.757. The zero-order valence-electron chi connectivity index (χ0n) is 17.1. The van der Waals surface area contributed by atoms with E-state index in [9.17, 15) is 0 Å². The first kappa shape index (κ1) is 22.2. The Kier molecular flexibility index (Phi) is 9.42. The standard InChI is InChI=1S/C24H31ClN2OS/c1-2-15-27(29-23-13-11-22(25)12-14-23)20-21-9-4-5-10-24(21)28-19-8-18-26-16-6-3-7-17-26/h2,4-5,9-14H,1,3,6-8,15-20H2. The van der Waals surface area contributed by atoms with Crippen molar-refractivity contribution in [3.05, 3.63) is 71.8 Å². The van der Waals surface area contributed by atoms with Crippen molar-refractivity contribution < 1.29 is 4.74 Å². The molecule has 1 fully saturated rings. The van der Waals surface area contributed by atoms with Crippen LogP contribution in [0, 0.1) is 0 Å². The molecule has 0 bridgehead atoms. The molecule has 1 aliphatic rings. The molecule has 3 rings (SSSR count). The maximum absolute atomic E-state index is 6.17. The molecular formula is C24H31ClN2OS. The summed E-state index contributed by atoms with van der Waals surface area (Å²) < 4.78 is 8.45. The lowest BCUT2D eigenvalue weighted by Crippen LogP contribution is -2.31. The van der Waals surface area contributed by atoms with Crippen molar-refractivity contribution in [1.29, 1.82) is 0 Å².